The molecule has 0 heterocycles. The van der Waals surface area contributed by atoms with Gasteiger partial charge in [0.05, 0.1) is 22.1 Å². The van der Waals surface area contributed by atoms with Crippen LogP contribution in [0.15, 0.2) is 18.2 Å². The largest absolute Gasteiger partial charge is 0.481 e. The monoisotopic (exact) mass is 272 g/mol. The summed E-state index contributed by atoms with van der Waals surface area (Å²) in [5.74, 6) is -1.67. The van der Waals surface area contributed by atoms with Crippen molar-refractivity contribution in [1.29, 1.82) is 0 Å². The maximum Gasteiger partial charge on any atom is 0.303 e. The molecule has 1 amide bonds. The first-order chi connectivity index (χ1) is 8.40. The molecule has 0 saturated carbocycles. The van der Waals surface area contributed by atoms with Crippen LogP contribution in [0.2, 0.25) is 5.02 Å². The topological polar surface area (TPSA) is 110 Å². The molecule has 1 aromatic carbocycles. The third kappa shape index (κ3) is 4.02. The van der Waals surface area contributed by atoms with Crippen LogP contribution in [-0.4, -0.2) is 21.9 Å². The highest BCUT2D eigenvalue weighted by Crippen LogP contribution is 2.26. The molecule has 0 fully saturated rings. The smallest absolute Gasteiger partial charge is 0.303 e. The molecule has 0 bridgehead atoms. The van der Waals surface area contributed by atoms with Crippen LogP contribution in [0.3, 0.4) is 0 Å². The van der Waals surface area contributed by atoms with E-state index < -0.39 is 16.8 Å². The zero-order valence-electron chi connectivity index (χ0n) is 9.05. The van der Waals surface area contributed by atoms with E-state index in [0.717, 1.165) is 6.07 Å². The Bertz CT molecular complexity index is 503. The summed E-state index contributed by atoms with van der Waals surface area (Å²) in [6.07, 6.45) is -0.549. The average molecular weight is 273 g/mol. The first-order valence-electron chi connectivity index (χ1n) is 4.85. The average Bonchev–Trinajstić information content (AvgIpc) is 2.29. The molecule has 0 atom stereocenters. The second kappa shape index (κ2) is 5.97. The minimum Gasteiger partial charge on any atom is -0.481 e. The van der Waals surface area contributed by atoms with Crippen molar-refractivity contribution in [2.24, 2.45) is 0 Å². The molecule has 18 heavy (non-hydrogen) atoms. The van der Waals surface area contributed by atoms with Crippen molar-refractivity contribution in [2.75, 3.05) is 5.32 Å². The third-order valence-electron chi connectivity index (χ3n) is 2.00. The van der Waals surface area contributed by atoms with Crippen LogP contribution in [0.5, 0.6) is 0 Å². The number of nitrogens with one attached hydrogen (secondary N) is 1. The van der Waals surface area contributed by atoms with Gasteiger partial charge in [-0.25, -0.2) is 0 Å². The number of carboxylic acids is 1. The van der Waals surface area contributed by atoms with Crippen molar-refractivity contribution in [2.45, 2.75) is 12.8 Å². The molecule has 0 spiro atoms. The molecule has 1 rings (SSSR count). The van der Waals surface area contributed by atoms with E-state index in [9.17, 15) is 19.7 Å². The van der Waals surface area contributed by atoms with Gasteiger partial charge in [0.25, 0.3) is 5.69 Å². The second-order valence-corrected chi connectivity index (χ2v) is 3.77. The lowest BCUT2D eigenvalue weighted by molar-refractivity contribution is -0.384. The van der Waals surface area contributed by atoms with Crippen molar-refractivity contribution < 1.29 is 19.6 Å². The van der Waals surface area contributed by atoms with Gasteiger partial charge in [0, 0.05) is 18.6 Å². The molecule has 96 valence electrons. The van der Waals surface area contributed by atoms with Gasteiger partial charge < -0.3 is 10.4 Å². The summed E-state index contributed by atoms with van der Waals surface area (Å²) in [5, 5.41) is 21.4. The first kappa shape index (κ1) is 13.9. The van der Waals surface area contributed by atoms with Gasteiger partial charge in [-0.2, -0.15) is 0 Å². The number of non-ortho nitro benzene ring substituents is 1. The Hall–Kier alpha value is -2.15. The van der Waals surface area contributed by atoms with Crippen LogP contribution in [-0.2, 0) is 9.59 Å². The fraction of sp³-hybridized carbons (Fsp3) is 0.200. The van der Waals surface area contributed by atoms with E-state index in [-0.39, 0.29) is 29.2 Å². The van der Waals surface area contributed by atoms with Gasteiger partial charge in [-0.3, -0.25) is 19.7 Å². The van der Waals surface area contributed by atoms with Crippen molar-refractivity contribution >= 4 is 34.9 Å². The molecular weight excluding hydrogens is 264 g/mol. The van der Waals surface area contributed by atoms with Gasteiger partial charge in [0.1, 0.15) is 0 Å². The summed E-state index contributed by atoms with van der Waals surface area (Å²) >= 11 is 5.75. The predicted molar refractivity (Wildman–Crippen MR) is 63.6 cm³/mol. The predicted octanol–water partition coefficient (Wildman–Crippen LogP) is 2.05. The molecule has 0 aliphatic rings. The summed E-state index contributed by atoms with van der Waals surface area (Å²) in [5.41, 5.74) is -0.130. The number of carbonyl (C=O) groups is 2. The number of amides is 1. The van der Waals surface area contributed by atoms with Crippen molar-refractivity contribution in [3.8, 4) is 0 Å². The lowest BCUT2D eigenvalue weighted by Crippen LogP contribution is -2.13. The van der Waals surface area contributed by atoms with Gasteiger partial charge in [-0.15, -0.1) is 0 Å². The molecule has 0 aliphatic heterocycles. The normalized spacial score (nSPS) is 9.83. The molecular formula is C10H9ClN2O5. The van der Waals surface area contributed by atoms with E-state index in [1.54, 1.807) is 0 Å². The fourth-order valence-corrected chi connectivity index (χ4v) is 1.32. The lowest BCUT2D eigenvalue weighted by Gasteiger charge is -2.06. The SMILES string of the molecule is O=C(O)CCC(=O)Nc1cc([N+](=O)[O-])ccc1Cl. The molecule has 2 N–H and O–H groups in total. The summed E-state index contributed by atoms with van der Waals surface area (Å²) in [4.78, 5) is 31.5. The molecule has 1 aromatic rings. The van der Waals surface area contributed by atoms with Gasteiger partial charge in [-0.05, 0) is 6.07 Å². The lowest BCUT2D eigenvalue weighted by atomic mass is 10.2. The van der Waals surface area contributed by atoms with Crippen LogP contribution >= 0.6 is 11.6 Å². The summed E-state index contributed by atoms with van der Waals surface area (Å²) < 4.78 is 0. The maximum atomic E-state index is 11.3. The zero-order valence-corrected chi connectivity index (χ0v) is 9.81. The summed E-state index contributed by atoms with van der Waals surface area (Å²) in [6.45, 7) is 0. The molecule has 0 saturated heterocycles. The minimum atomic E-state index is -1.10. The van der Waals surface area contributed by atoms with E-state index in [0.29, 0.717) is 0 Å². The number of hydrogen-bond acceptors (Lipinski definition) is 4. The molecule has 0 unspecified atom stereocenters. The Morgan fingerprint density at radius 2 is 2.06 bits per heavy atom. The fourth-order valence-electron chi connectivity index (χ4n) is 1.16. The number of benzene rings is 1. The molecule has 0 radical (unpaired) electrons. The maximum absolute atomic E-state index is 11.3. The highest BCUT2D eigenvalue weighted by Gasteiger charge is 2.12. The number of rotatable bonds is 5. The van der Waals surface area contributed by atoms with Crippen LogP contribution < -0.4 is 5.32 Å². The van der Waals surface area contributed by atoms with Gasteiger partial charge in [0.2, 0.25) is 5.91 Å². The van der Waals surface area contributed by atoms with Crippen molar-refractivity contribution in [3.63, 3.8) is 0 Å². The highest BCUT2D eigenvalue weighted by atomic mass is 35.5. The first-order valence-corrected chi connectivity index (χ1v) is 5.23. The van der Waals surface area contributed by atoms with E-state index in [2.05, 4.69) is 5.32 Å². The molecule has 0 aliphatic carbocycles. The number of nitro groups is 1. The van der Waals surface area contributed by atoms with Crippen LogP contribution in [0, 0.1) is 10.1 Å². The van der Waals surface area contributed by atoms with Gasteiger partial charge in [-0.1, -0.05) is 11.6 Å². The Morgan fingerprint density at radius 3 is 2.61 bits per heavy atom. The quantitative estimate of drug-likeness (QED) is 0.630. The number of nitro benzene ring substituents is 1. The van der Waals surface area contributed by atoms with Crippen molar-refractivity contribution in [1.82, 2.24) is 0 Å². The Labute approximate surface area is 107 Å². The Kier molecular flexibility index (Phi) is 4.61. The number of carboxylic acid groups (broad SMARTS) is 1. The molecule has 0 aromatic heterocycles. The van der Waals surface area contributed by atoms with E-state index >= 15 is 0 Å². The molecule has 8 heteroatoms. The third-order valence-corrected chi connectivity index (χ3v) is 2.33. The summed E-state index contributed by atoms with van der Waals surface area (Å²) in [7, 11) is 0. The highest BCUT2D eigenvalue weighted by molar-refractivity contribution is 6.33. The van der Waals surface area contributed by atoms with Crippen LogP contribution in [0.4, 0.5) is 11.4 Å². The Balaban J connectivity index is 2.77. The number of nitrogens with zero attached hydrogens (tertiary/aromatic N) is 1. The minimum absolute atomic E-state index is 0.0845. The number of aliphatic carboxylic acids is 1. The second-order valence-electron chi connectivity index (χ2n) is 3.36. The van der Waals surface area contributed by atoms with Crippen LogP contribution in [0.25, 0.3) is 0 Å². The van der Waals surface area contributed by atoms with Crippen molar-refractivity contribution in [3.05, 3.63) is 33.3 Å². The Morgan fingerprint density at radius 1 is 1.39 bits per heavy atom. The number of carbonyl (C=O) groups excluding carboxylic acids is 1. The van der Waals surface area contributed by atoms with Gasteiger partial charge in [0.15, 0.2) is 0 Å². The van der Waals surface area contributed by atoms with Crippen LogP contribution in [0.1, 0.15) is 12.8 Å². The van der Waals surface area contributed by atoms with Gasteiger partial charge >= 0.3 is 5.97 Å². The van der Waals surface area contributed by atoms with E-state index in [1.165, 1.54) is 12.1 Å². The molecule has 7 nitrogen and oxygen atoms in total. The summed E-state index contributed by atoms with van der Waals surface area (Å²) in [6, 6.07) is 3.60. The zero-order chi connectivity index (χ0) is 13.7. The number of anilines is 1. The van der Waals surface area contributed by atoms with E-state index in [1.807, 2.05) is 0 Å². The number of hydrogen-bond donors (Lipinski definition) is 2. The standard InChI is InChI=1S/C10H9ClN2O5/c11-7-2-1-6(13(17)18)5-8(7)12-9(14)3-4-10(15)16/h1-2,5H,3-4H2,(H,12,14)(H,15,16). The van der Waals surface area contributed by atoms with E-state index in [4.69, 9.17) is 16.7 Å². The number of halogens is 1.